The molecule has 1 saturated heterocycles. The number of ether oxygens (including phenoxy) is 1. The first-order chi connectivity index (χ1) is 8.57. The number of hydrogen-bond donors (Lipinski definition) is 1. The lowest BCUT2D eigenvalue weighted by molar-refractivity contribution is -0.148. The molecule has 0 aromatic rings. The summed E-state index contributed by atoms with van der Waals surface area (Å²) in [5, 5.41) is 2.61. The fourth-order valence-electron chi connectivity index (χ4n) is 2.01. The van der Waals surface area contributed by atoms with Crippen LogP contribution in [0, 0.1) is 11.3 Å². The monoisotopic (exact) mass is 291 g/mol. The van der Waals surface area contributed by atoms with Gasteiger partial charge in [-0.1, -0.05) is 20.8 Å². The second-order valence-electron chi connectivity index (χ2n) is 5.93. The molecule has 0 spiro atoms. The van der Waals surface area contributed by atoms with Gasteiger partial charge in [0, 0.05) is 0 Å². The molecule has 19 heavy (non-hydrogen) atoms. The van der Waals surface area contributed by atoms with Gasteiger partial charge in [0.05, 0.1) is 24.5 Å². The van der Waals surface area contributed by atoms with Crippen LogP contribution in [0.2, 0.25) is 0 Å². The summed E-state index contributed by atoms with van der Waals surface area (Å²) in [6.07, 6.45) is 0.312. The molecule has 1 heterocycles. The van der Waals surface area contributed by atoms with Gasteiger partial charge in [0.25, 0.3) is 0 Å². The standard InChI is InChI=1S/C12H21NO5S/c1-12(2,3)9(11(15)18-4)13-10(14)8-5-6-19(16,17)7-8/h8-9H,5-7H2,1-4H3,(H,13,14)/t8-,9-/m1/s1. The van der Waals surface area contributed by atoms with Crippen LogP contribution in [0.15, 0.2) is 0 Å². The number of amides is 1. The molecule has 2 atom stereocenters. The quantitative estimate of drug-likeness (QED) is 0.746. The zero-order valence-corrected chi connectivity index (χ0v) is 12.5. The van der Waals surface area contributed by atoms with Crippen LogP contribution in [-0.2, 0) is 24.2 Å². The van der Waals surface area contributed by atoms with Crippen LogP contribution in [0.25, 0.3) is 0 Å². The summed E-state index contributed by atoms with van der Waals surface area (Å²) in [5.74, 6) is -1.60. The number of esters is 1. The molecular weight excluding hydrogens is 270 g/mol. The predicted octanol–water partition coefficient (Wildman–Crippen LogP) is 0.125. The first-order valence-electron chi connectivity index (χ1n) is 6.15. The third kappa shape index (κ3) is 4.19. The second kappa shape index (κ2) is 5.48. The van der Waals surface area contributed by atoms with Crippen molar-refractivity contribution in [1.29, 1.82) is 0 Å². The van der Waals surface area contributed by atoms with Gasteiger partial charge in [0.1, 0.15) is 6.04 Å². The van der Waals surface area contributed by atoms with E-state index in [1.807, 2.05) is 0 Å². The highest BCUT2D eigenvalue weighted by molar-refractivity contribution is 7.91. The van der Waals surface area contributed by atoms with Crippen LogP contribution in [0.4, 0.5) is 0 Å². The van der Waals surface area contributed by atoms with Crippen LogP contribution >= 0.6 is 0 Å². The first-order valence-corrected chi connectivity index (χ1v) is 7.97. The zero-order valence-electron chi connectivity index (χ0n) is 11.7. The van der Waals surface area contributed by atoms with Gasteiger partial charge in [-0.2, -0.15) is 0 Å². The van der Waals surface area contributed by atoms with Gasteiger partial charge in [-0.3, -0.25) is 4.79 Å². The second-order valence-corrected chi connectivity index (χ2v) is 8.16. The fourth-order valence-corrected chi connectivity index (χ4v) is 3.75. The normalized spacial score (nSPS) is 23.7. The van der Waals surface area contributed by atoms with E-state index in [4.69, 9.17) is 0 Å². The molecule has 1 rings (SSSR count). The Morgan fingerprint density at radius 2 is 1.89 bits per heavy atom. The van der Waals surface area contributed by atoms with Gasteiger partial charge in [0.2, 0.25) is 5.91 Å². The maximum Gasteiger partial charge on any atom is 0.328 e. The van der Waals surface area contributed by atoms with E-state index < -0.39 is 39.1 Å². The van der Waals surface area contributed by atoms with Crippen molar-refractivity contribution in [1.82, 2.24) is 5.32 Å². The molecule has 110 valence electrons. The van der Waals surface area contributed by atoms with Crippen LogP contribution < -0.4 is 5.32 Å². The van der Waals surface area contributed by atoms with E-state index in [0.29, 0.717) is 6.42 Å². The Morgan fingerprint density at radius 3 is 2.26 bits per heavy atom. The summed E-state index contributed by atoms with van der Waals surface area (Å²) in [6, 6.07) is -0.784. The Bertz CT molecular complexity index is 463. The van der Waals surface area contributed by atoms with E-state index in [0.717, 1.165) is 0 Å². The molecule has 0 aliphatic carbocycles. The van der Waals surface area contributed by atoms with Crippen molar-refractivity contribution < 1.29 is 22.7 Å². The summed E-state index contributed by atoms with van der Waals surface area (Å²) in [6.45, 7) is 5.42. The Hall–Kier alpha value is -1.11. The summed E-state index contributed by atoms with van der Waals surface area (Å²) in [4.78, 5) is 23.7. The van der Waals surface area contributed by atoms with Gasteiger partial charge in [-0.05, 0) is 11.8 Å². The van der Waals surface area contributed by atoms with Crippen molar-refractivity contribution in [2.24, 2.45) is 11.3 Å². The lowest BCUT2D eigenvalue weighted by Gasteiger charge is -2.29. The summed E-state index contributed by atoms with van der Waals surface area (Å²) < 4.78 is 27.4. The molecule has 0 radical (unpaired) electrons. The highest BCUT2D eigenvalue weighted by atomic mass is 32.2. The number of carbonyl (C=O) groups excluding carboxylic acids is 2. The van der Waals surface area contributed by atoms with Crippen molar-refractivity contribution >= 4 is 21.7 Å². The maximum absolute atomic E-state index is 12.0. The van der Waals surface area contributed by atoms with Crippen LogP contribution in [-0.4, -0.2) is 45.0 Å². The Morgan fingerprint density at radius 1 is 1.32 bits per heavy atom. The number of nitrogens with one attached hydrogen (secondary N) is 1. The molecule has 0 unspecified atom stereocenters. The highest BCUT2D eigenvalue weighted by Gasteiger charge is 2.38. The van der Waals surface area contributed by atoms with E-state index in [1.54, 1.807) is 20.8 Å². The third-order valence-electron chi connectivity index (χ3n) is 3.19. The number of rotatable bonds is 3. The number of hydrogen-bond acceptors (Lipinski definition) is 5. The minimum Gasteiger partial charge on any atom is -0.467 e. The average molecular weight is 291 g/mol. The number of carbonyl (C=O) groups is 2. The summed E-state index contributed by atoms with van der Waals surface area (Å²) in [7, 11) is -1.86. The van der Waals surface area contributed by atoms with Crippen LogP contribution in [0.3, 0.4) is 0 Å². The summed E-state index contributed by atoms with van der Waals surface area (Å²) >= 11 is 0. The summed E-state index contributed by atoms with van der Waals surface area (Å²) in [5.41, 5.74) is -0.500. The number of sulfone groups is 1. The molecule has 0 aromatic carbocycles. The van der Waals surface area contributed by atoms with Crippen molar-refractivity contribution in [3.05, 3.63) is 0 Å². The van der Waals surface area contributed by atoms with E-state index in [2.05, 4.69) is 10.1 Å². The van der Waals surface area contributed by atoms with Gasteiger partial charge >= 0.3 is 5.97 Å². The van der Waals surface area contributed by atoms with Crippen molar-refractivity contribution in [2.75, 3.05) is 18.6 Å². The molecule has 7 heteroatoms. The molecule has 6 nitrogen and oxygen atoms in total. The van der Waals surface area contributed by atoms with Crippen LogP contribution in [0.5, 0.6) is 0 Å². The van der Waals surface area contributed by atoms with Gasteiger partial charge in [0.15, 0.2) is 9.84 Å². The molecule has 1 fully saturated rings. The predicted molar refractivity (Wildman–Crippen MR) is 70.2 cm³/mol. The van der Waals surface area contributed by atoms with E-state index in [1.165, 1.54) is 7.11 Å². The van der Waals surface area contributed by atoms with Gasteiger partial charge in [-0.25, -0.2) is 13.2 Å². The molecule has 0 saturated carbocycles. The van der Waals surface area contributed by atoms with Crippen molar-refractivity contribution in [3.63, 3.8) is 0 Å². The highest BCUT2D eigenvalue weighted by Crippen LogP contribution is 2.23. The Kier molecular flexibility index (Phi) is 4.60. The van der Waals surface area contributed by atoms with E-state index >= 15 is 0 Å². The van der Waals surface area contributed by atoms with E-state index in [-0.39, 0.29) is 11.5 Å². The average Bonchev–Trinajstić information content (AvgIpc) is 2.63. The fraction of sp³-hybridized carbons (Fsp3) is 0.833. The van der Waals surface area contributed by atoms with Gasteiger partial charge in [-0.15, -0.1) is 0 Å². The largest absolute Gasteiger partial charge is 0.467 e. The molecule has 1 N–H and O–H groups in total. The molecule has 0 aromatic heterocycles. The molecule has 1 aliphatic rings. The first kappa shape index (κ1) is 15.9. The molecular formula is C12H21NO5S. The van der Waals surface area contributed by atoms with Crippen molar-refractivity contribution in [2.45, 2.75) is 33.2 Å². The van der Waals surface area contributed by atoms with Gasteiger partial charge < -0.3 is 10.1 Å². The van der Waals surface area contributed by atoms with Crippen LogP contribution in [0.1, 0.15) is 27.2 Å². The Labute approximate surface area is 113 Å². The SMILES string of the molecule is COC(=O)[C@@H](NC(=O)[C@@H]1CCS(=O)(=O)C1)C(C)(C)C. The third-order valence-corrected chi connectivity index (χ3v) is 4.96. The molecule has 1 aliphatic heterocycles. The van der Waals surface area contributed by atoms with E-state index in [9.17, 15) is 18.0 Å². The number of methoxy groups -OCH3 is 1. The van der Waals surface area contributed by atoms with Crippen molar-refractivity contribution in [3.8, 4) is 0 Å². The molecule has 0 bridgehead atoms. The minimum atomic E-state index is -3.11. The molecule has 1 amide bonds. The lowest BCUT2D eigenvalue weighted by Crippen LogP contribution is -2.51. The lowest BCUT2D eigenvalue weighted by atomic mass is 9.86. The zero-order chi connectivity index (χ0) is 14.8. The smallest absolute Gasteiger partial charge is 0.328 e. The Balaban J connectivity index is 2.76. The minimum absolute atomic E-state index is 0.0312. The topological polar surface area (TPSA) is 89.5 Å². The maximum atomic E-state index is 12.0.